The summed E-state index contributed by atoms with van der Waals surface area (Å²) in [6, 6.07) is 4.18. The van der Waals surface area contributed by atoms with Crippen LogP contribution < -0.4 is 19.1 Å². The summed E-state index contributed by atoms with van der Waals surface area (Å²) in [7, 11) is -2.25. The van der Waals surface area contributed by atoms with Crippen LogP contribution in [0.2, 0.25) is 0 Å². The topological polar surface area (TPSA) is 136 Å². The number of nitrogens with zero attached hydrogens (tertiary/aromatic N) is 4. The molecule has 0 unspecified atom stereocenters. The summed E-state index contributed by atoms with van der Waals surface area (Å²) in [5.41, 5.74) is 0.522. The third kappa shape index (κ3) is 5.99. The Morgan fingerprint density at radius 3 is 2.54 bits per heavy atom. The minimum atomic E-state index is -3.64. The highest BCUT2D eigenvalue weighted by Crippen LogP contribution is 2.41. The zero-order valence-corrected chi connectivity index (χ0v) is 23.1. The quantitative estimate of drug-likeness (QED) is 0.422. The fourth-order valence-corrected chi connectivity index (χ4v) is 5.35. The molecule has 3 aromatic rings. The predicted octanol–water partition coefficient (Wildman–Crippen LogP) is 2.98. The number of fused-ring (bicyclic) bond motifs is 1. The molecule has 0 radical (unpaired) electrons. The maximum absolute atomic E-state index is 15.0. The molecule has 210 valence electrons. The molecule has 1 aliphatic carbocycles. The van der Waals surface area contributed by atoms with Gasteiger partial charge >= 0.3 is 0 Å². The van der Waals surface area contributed by atoms with Crippen LogP contribution in [-0.2, 0) is 14.8 Å². The third-order valence-corrected chi connectivity index (χ3v) is 7.60. The lowest BCUT2D eigenvalue weighted by Gasteiger charge is -2.42. The molecule has 0 amide bonds. The fourth-order valence-electron chi connectivity index (χ4n) is 4.81. The van der Waals surface area contributed by atoms with Crippen molar-refractivity contribution in [3.8, 4) is 22.9 Å². The van der Waals surface area contributed by atoms with Crippen LogP contribution in [0.3, 0.4) is 0 Å². The molecule has 1 saturated heterocycles. The van der Waals surface area contributed by atoms with Gasteiger partial charge in [-0.15, -0.1) is 0 Å². The van der Waals surface area contributed by atoms with Crippen LogP contribution in [0, 0.1) is 11.7 Å². The van der Waals surface area contributed by atoms with E-state index in [1.807, 2.05) is 4.90 Å². The van der Waals surface area contributed by atoms with E-state index < -0.39 is 21.4 Å². The van der Waals surface area contributed by atoms with E-state index in [1.54, 1.807) is 19.9 Å². The van der Waals surface area contributed by atoms with Gasteiger partial charge in [0.1, 0.15) is 22.8 Å². The van der Waals surface area contributed by atoms with E-state index in [0.717, 1.165) is 6.26 Å². The molecular formula is C26H32FN5O6S. The number of nitrogens with one attached hydrogen (secondary N) is 1. The molecule has 0 spiro atoms. The van der Waals surface area contributed by atoms with Gasteiger partial charge < -0.3 is 24.2 Å². The summed E-state index contributed by atoms with van der Waals surface area (Å²) in [6.07, 6.45) is 3.60. The van der Waals surface area contributed by atoms with Crippen molar-refractivity contribution < 1.29 is 32.1 Å². The SMILES string of the molecule is COc1ncc(-c2nc(N3CCOCC3)nc3c(OC4CC(C(C)(C)O)C4)cc(F)cc23)cc1NS(C)(=O)=O. The van der Waals surface area contributed by atoms with E-state index in [-0.39, 0.29) is 29.3 Å². The van der Waals surface area contributed by atoms with E-state index in [1.165, 1.54) is 25.4 Å². The molecule has 1 aliphatic heterocycles. The number of morpholine rings is 1. The predicted molar refractivity (Wildman–Crippen MR) is 144 cm³/mol. The normalized spacial score (nSPS) is 20.0. The van der Waals surface area contributed by atoms with Crippen LogP contribution in [-0.4, -0.2) is 79.9 Å². The highest BCUT2D eigenvalue weighted by atomic mass is 32.2. The van der Waals surface area contributed by atoms with Crippen molar-refractivity contribution in [2.75, 3.05) is 49.3 Å². The molecule has 5 rings (SSSR count). The standard InChI is InChI=1S/C26H32FN5O6S/c1-26(2,33)16-10-18(11-16)38-21-13-17(27)12-19-22(29-25(30-23(19)21)32-5-7-37-8-6-32)15-9-20(31-39(4,34)35)24(36-3)28-14-15/h9,12-14,16,18,31,33H,5-8,10-11H2,1-4H3. The molecule has 1 saturated carbocycles. The molecule has 3 heterocycles. The summed E-state index contributed by atoms with van der Waals surface area (Å²) >= 11 is 0. The van der Waals surface area contributed by atoms with Gasteiger partial charge in [-0.1, -0.05) is 0 Å². The van der Waals surface area contributed by atoms with E-state index in [0.29, 0.717) is 67.3 Å². The van der Waals surface area contributed by atoms with Crippen molar-refractivity contribution in [1.29, 1.82) is 0 Å². The lowest BCUT2D eigenvalue weighted by molar-refractivity contribution is -0.0670. The lowest BCUT2D eigenvalue weighted by Crippen LogP contribution is -2.45. The highest BCUT2D eigenvalue weighted by molar-refractivity contribution is 7.92. The summed E-state index contributed by atoms with van der Waals surface area (Å²) < 4.78 is 58.3. The summed E-state index contributed by atoms with van der Waals surface area (Å²) in [4.78, 5) is 15.8. The number of methoxy groups -OCH3 is 1. The number of halogens is 1. The number of rotatable bonds is 8. The fraction of sp³-hybridized carbons (Fsp3) is 0.500. The number of ether oxygens (including phenoxy) is 3. The van der Waals surface area contributed by atoms with Gasteiger partial charge in [-0.3, -0.25) is 4.72 Å². The van der Waals surface area contributed by atoms with E-state index >= 15 is 0 Å². The Bertz CT molecular complexity index is 1480. The molecule has 11 nitrogen and oxygen atoms in total. The number of aromatic nitrogens is 3. The smallest absolute Gasteiger partial charge is 0.238 e. The largest absolute Gasteiger partial charge is 0.488 e. The number of hydrogen-bond acceptors (Lipinski definition) is 10. The minimum absolute atomic E-state index is 0.0810. The first-order chi connectivity index (χ1) is 18.4. The molecule has 2 aliphatic rings. The first-order valence-corrected chi connectivity index (χ1v) is 14.6. The molecule has 0 bridgehead atoms. The Labute approximate surface area is 226 Å². The van der Waals surface area contributed by atoms with Crippen LogP contribution in [0.5, 0.6) is 11.6 Å². The molecule has 39 heavy (non-hydrogen) atoms. The van der Waals surface area contributed by atoms with Gasteiger partial charge in [0.25, 0.3) is 0 Å². The maximum Gasteiger partial charge on any atom is 0.238 e. The second-order valence-corrected chi connectivity index (χ2v) is 12.2. The Hall–Kier alpha value is -3.29. The van der Waals surface area contributed by atoms with E-state index in [4.69, 9.17) is 24.2 Å². The van der Waals surface area contributed by atoms with Gasteiger partial charge in [0.05, 0.1) is 44.0 Å². The Kier molecular flexibility index (Phi) is 7.25. The summed E-state index contributed by atoms with van der Waals surface area (Å²) in [6.45, 7) is 5.71. The van der Waals surface area contributed by atoms with Crippen LogP contribution in [0.15, 0.2) is 24.4 Å². The van der Waals surface area contributed by atoms with Crippen molar-refractivity contribution in [3.63, 3.8) is 0 Å². The molecule has 2 fully saturated rings. The van der Waals surface area contributed by atoms with E-state index in [2.05, 4.69) is 9.71 Å². The third-order valence-electron chi connectivity index (χ3n) is 7.01. The zero-order chi connectivity index (χ0) is 27.9. The first-order valence-electron chi connectivity index (χ1n) is 12.7. The molecule has 1 aromatic carbocycles. The van der Waals surface area contributed by atoms with Crippen LogP contribution in [0.25, 0.3) is 22.2 Å². The average molecular weight is 562 g/mol. The maximum atomic E-state index is 15.0. The number of anilines is 2. The Balaban J connectivity index is 1.63. The van der Waals surface area contributed by atoms with Gasteiger partial charge in [-0.25, -0.2) is 27.8 Å². The summed E-state index contributed by atoms with van der Waals surface area (Å²) in [5.74, 6) is 0.322. The van der Waals surface area contributed by atoms with Gasteiger partial charge in [0, 0.05) is 36.3 Å². The number of hydrogen-bond donors (Lipinski definition) is 2. The number of aliphatic hydroxyl groups is 1. The number of benzene rings is 1. The second-order valence-electron chi connectivity index (χ2n) is 10.5. The molecule has 13 heteroatoms. The van der Waals surface area contributed by atoms with Crippen molar-refractivity contribution in [2.24, 2.45) is 5.92 Å². The van der Waals surface area contributed by atoms with Gasteiger partial charge in [0.2, 0.25) is 21.9 Å². The van der Waals surface area contributed by atoms with Crippen LogP contribution in [0.1, 0.15) is 26.7 Å². The number of pyridine rings is 1. The van der Waals surface area contributed by atoms with Crippen LogP contribution >= 0.6 is 0 Å². The van der Waals surface area contributed by atoms with Crippen molar-refractivity contribution in [1.82, 2.24) is 15.0 Å². The molecule has 0 atom stereocenters. The molecular weight excluding hydrogens is 529 g/mol. The highest BCUT2D eigenvalue weighted by Gasteiger charge is 2.40. The van der Waals surface area contributed by atoms with Gasteiger partial charge in [0.15, 0.2) is 0 Å². The average Bonchev–Trinajstić information content (AvgIpc) is 2.84. The van der Waals surface area contributed by atoms with Gasteiger partial charge in [-0.2, -0.15) is 0 Å². The van der Waals surface area contributed by atoms with E-state index in [9.17, 15) is 17.9 Å². The lowest BCUT2D eigenvalue weighted by atomic mass is 9.72. The van der Waals surface area contributed by atoms with Crippen molar-refractivity contribution in [2.45, 2.75) is 38.4 Å². The number of sulfonamides is 1. The van der Waals surface area contributed by atoms with Gasteiger partial charge in [-0.05, 0) is 44.7 Å². The van der Waals surface area contributed by atoms with Crippen LogP contribution in [0.4, 0.5) is 16.0 Å². The monoisotopic (exact) mass is 561 g/mol. The minimum Gasteiger partial charge on any atom is -0.488 e. The first kappa shape index (κ1) is 27.3. The Morgan fingerprint density at radius 1 is 1.18 bits per heavy atom. The van der Waals surface area contributed by atoms with Crippen molar-refractivity contribution in [3.05, 3.63) is 30.2 Å². The molecule has 2 aromatic heterocycles. The second kappa shape index (κ2) is 10.4. The molecule has 2 N–H and O–H groups in total. The van der Waals surface area contributed by atoms with Crippen molar-refractivity contribution >= 4 is 32.6 Å². The Morgan fingerprint density at radius 2 is 1.90 bits per heavy atom. The zero-order valence-electron chi connectivity index (χ0n) is 22.3. The summed E-state index contributed by atoms with van der Waals surface area (Å²) in [5, 5.41) is 10.7.